The maximum absolute atomic E-state index is 13.0. The van der Waals surface area contributed by atoms with E-state index in [1.807, 2.05) is 0 Å². The molecule has 0 aliphatic carbocycles. The van der Waals surface area contributed by atoms with Crippen molar-refractivity contribution in [1.82, 2.24) is 0 Å². The molecule has 0 nitrogen and oxygen atoms in total. The second kappa shape index (κ2) is 3.88. The SMILES string of the molecule is Cc1ccc(I)c(C(F)(F)C(F)(F)F)c1. The van der Waals surface area contributed by atoms with Crippen molar-refractivity contribution >= 4 is 22.6 Å². The van der Waals surface area contributed by atoms with E-state index in [1.165, 1.54) is 41.6 Å². The molecule has 6 heteroatoms. The Bertz CT molecular complexity index is 369. The molecule has 0 fully saturated rings. The second-order valence-corrected chi connectivity index (χ2v) is 4.22. The average molecular weight is 336 g/mol. The number of hydrogen-bond donors (Lipinski definition) is 0. The standard InChI is InChI=1S/C9H6F5I/c1-5-2-3-7(15)6(4-5)8(10,11)9(12,13)14/h2-4H,1H3. The van der Waals surface area contributed by atoms with Crippen molar-refractivity contribution < 1.29 is 22.0 Å². The first-order valence-corrected chi connectivity index (χ1v) is 4.95. The van der Waals surface area contributed by atoms with Crippen LogP contribution in [-0.2, 0) is 5.92 Å². The van der Waals surface area contributed by atoms with Gasteiger partial charge in [-0.05, 0) is 41.6 Å². The zero-order valence-electron chi connectivity index (χ0n) is 7.50. The van der Waals surface area contributed by atoms with Gasteiger partial charge in [0, 0.05) is 9.13 Å². The number of alkyl halides is 5. The van der Waals surface area contributed by atoms with Gasteiger partial charge in [-0.2, -0.15) is 22.0 Å². The molecule has 0 heterocycles. The number of aryl methyl sites for hydroxylation is 1. The van der Waals surface area contributed by atoms with Crippen molar-refractivity contribution in [2.45, 2.75) is 19.0 Å². The van der Waals surface area contributed by atoms with Crippen molar-refractivity contribution in [2.24, 2.45) is 0 Å². The summed E-state index contributed by atoms with van der Waals surface area (Å²) in [6, 6.07) is 3.58. The minimum absolute atomic E-state index is 0.0967. The molecule has 0 spiro atoms. The lowest BCUT2D eigenvalue weighted by molar-refractivity contribution is -0.289. The van der Waals surface area contributed by atoms with Crippen molar-refractivity contribution in [3.05, 3.63) is 32.9 Å². The molecule has 0 aromatic heterocycles. The first-order valence-electron chi connectivity index (χ1n) is 3.87. The van der Waals surface area contributed by atoms with Crippen molar-refractivity contribution in [2.75, 3.05) is 0 Å². The maximum Gasteiger partial charge on any atom is 0.458 e. The minimum Gasteiger partial charge on any atom is -0.191 e. The summed E-state index contributed by atoms with van der Waals surface area (Å²) >= 11 is 1.46. The summed E-state index contributed by atoms with van der Waals surface area (Å²) < 4.78 is 62.1. The summed E-state index contributed by atoms with van der Waals surface area (Å²) in [4.78, 5) is 0. The quantitative estimate of drug-likeness (QED) is 0.531. The predicted octanol–water partition coefficient (Wildman–Crippen LogP) is 4.25. The minimum atomic E-state index is -5.55. The van der Waals surface area contributed by atoms with E-state index in [9.17, 15) is 22.0 Å². The summed E-state index contributed by atoms with van der Waals surface area (Å²) in [5.41, 5.74) is -0.620. The van der Waals surface area contributed by atoms with E-state index in [0.29, 0.717) is 5.56 Å². The lowest BCUT2D eigenvalue weighted by Crippen LogP contribution is -2.34. The monoisotopic (exact) mass is 336 g/mol. The zero-order valence-corrected chi connectivity index (χ0v) is 9.66. The Morgan fingerprint density at radius 1 is 1.07 bits per heavy atom. The summed E-state index contributed by atoms with van der Waals surface area (Å²) in [5, 5.41) is 0. The summed E-state index contributed by atoms with van der Waals surface area (Å²) in [7, 11) is 0. The molecular weight excluding hydrogens is 330 g/mol. The van der Waals surface area contributed by atoms with Gasteiger partial charge >= 0.3 is 12.1 Å². The van der Waals surface area contributed by atoms with Crippen LogP contribution >= 0.6 is 22.6 Å². The number of hydrogen-bond acceptors (Lipinski definition) is 0. The van der Waals surface area contributed by atoms with E-state index in [2.05, 4.69) is 0 Å². The Morgan fingerprint density at radius 3 is 2.07 bits per heavy atom. The zero-order chi connectivity index (χ0) is 11.9. The molecule has 0 unspecified atom stereocenters. The Labute approximate surface area is 96.6 Å². The Balaban J connectivity index is 3.32. The number of halogens is 6. The van der Waals surface area contributed by atoms with E-state index < -0.39 is 17.7 Å². The Hall–Kier alpha value is -0.400. The molecule has 0 saturated carbocycles. The number of rotatable bonds is 1. The van der Waals surface area contributed by atoms with E-state index in [4.69, 9.17) is 0 Å². The van der Waals surface area contributed by atoms with Crippen molar-refractivity contribution in [3.63, 3.8) is 0 Å². The lowest BCUT2D eigenvalue weighted by Gasteiger charge is -2.21. The van der Waals surface area contributed by atoms with Crippen LogP contribution in [0.1, 0.15) is 11.1 Å². The molecule has 0 aliphatic rings. The fraction of sp³-hybridized carbons (Fsp3) is 0.333. The van der Waals surface area contributed by atoms with Gasteiger partial charge in [0.15, 0.2) is 0 Å². The highest BCUT2D eigenvalue weighted by atomic mass is 127. The second-order valence-electron chi connectivity index (χ2n) is 3.06. The molecule has 0 aliphatic heterocycles. The van der Waals surface area contributed by atoms with Gasteiger partial charge in [-0.1, -0.05) is 11.6 Å². The van der Waals surface area contributed by atoms with E-state index in [0.717, 1.165) is 6.07 Å². The first-order chi connectivity index (χ1) is 6.66. The van der Waals surface area contributed by atoms with Crippen molar-refractivity contribution in [3.8, 4) is 0 Å². The van der Waals surface area contributed by atoms with Crippen LogP contribution in [0.4, 0.5) is 22.0 Å². The van der Waals surface area contributed by atoms with Crippen LogP contribution in [0.2, 0.25) is 0 Å². The van der Waals surface area contributed by atoms with Crippen LogP contribution < -0.4 is 0 Å². The van der Waals surface area contributed by atoms with Gasteiger partial charge in [-0.3, -0.25) is 0 Å². The highest BCUT2D eigenvalue weighted by Crippen LogP contribution is 2.45. The average Bonchev–Trinajstić information content (AvgIpc) is 2.07. The van der Waals surface area contributed by atoms with Crippen LogP contribution in [0.15, 0.2) is 18.2 Å². The third-order valence-corrected chi connectivity index (χ3v) is 2.76. The molecule has 1 aromatic carbocycles. The van der Waals surface area contributed by atoms with Gasteiger partial charge in [-0.15, -0.1) is 0 Å². The van der Waals surface area contributed by atoms with E-state index >= 15 is 0 Å². The smallest absolute Gasteiger partial charge is 0.191 e. The third kappa shape index (κ3) is 2.40. The Morgan fingerprint density at radius 2 is 1.60 bits per heavy atom. The first kappa shape index (κ1) is 12.7. The van der Waals surface area contributed by atoms with Gasteiger partial charge < -0.3 is 0 Å². The largest absolute Gasteiger partial charge is 0.458 e. The molecule has 84 valence electrons. The van der Waals surface area contributed by atoms with Gasteiger partial charge in [0.25, 0.3) is 0 Å². The molecule has 0 atom stereocenters. The molecule has 0 saturated heterocycles. The fourth-order valence-corrected chi connectivity index (χ4v) is 1.71. The molecule has 0 amide bonds. The molecule has 0 N–H and O–H groups in total. The van der Waals surface area contributed by atoms with Gasteiger partial charge in [0.1, 0.15) is 0 Å². The lowest BCUT2D eigenvalue weighted by atomic mass is 10.1. The topological polar surface area (TPSA) is 0 Å². The van der Waals surface area contributed by atoms with E-state index in [-0.39, 0.29) is 3.57 Å². The van der Waals surface area contributed by atoms with Gasteiger partial charge in [0.05, 0.1) is 0 Å². The highest BCUT2D eigenvalue weighted by molar-refractivity contribution is 14.1. The maximum atomic E-state index is 13.0. The van der Waals surface area contributed by atoms with Crippen LogP contribution in [0.25, 0.3) is 0 Å². The molecule has 0 radical (unpaired) electrons. The van der Waals surface area contributed by atoms with Crippen LogP contribution in [0.3, 0.4) is 0 Å². The summed E-state index contributed by atoms with van der Waals surface area (Å²) in [6.45, 7) is 1.46. The van der Waals surface area contributed by atoms with Gasteiger partial charge in [0.2, 0.25) is 0 Å². The molecule has 1 rings (SSSR count). The van der Waals surface area contributed by atoms with Gasteiger partial charge in [-0.25, -0.2) is 0 Å². The Kier molecular flexibility index (Phi) is 3.27. The molecule has 15 heavy (non-hydrogen) atoms. The van der Waals surface area contributed by atoms with Crippen LogP contribution in [0.5, 0.6) is 0 Å². The predicted molar refractivity (Wildman–Crippen MR) is 53.8 cm³/mol. The van der Waals surface area contributed by atoms with Crippen LogP contribution in [-0.4, -0.2) is 6.18 Å². The van der Waals surface area contributed by atoms with Crippen molar-refractivity contribution in [1.29, 1.82) is 0 Å². The molecule has 0 bridgehead atoms. The highest BCUT2D eigenvalue weighted by Gasteiger charge is 2.59. The summed E-state index contributed by atoms with van der Waals surface area (Å²) in [5.74, 6) is -4.80. The van der Waals surface area contributed by atoms with Crippen LogP contribution in [0, 0.1) is 10.5 Å². The third-order valence-electron chi connectivity index (χ3n) is 1.82. The normalized spacial score (nSPS) is 13.0. The summed E-state index contributed by atoms with van der Waals surface area (Å²) in [6.07, 6.45) is -5.55. The number of benzene rings is 1. The molecular formula is C9H6F5I. The van der Waals surface area contributed by atoms with E-state index in [1.54, 1.807) is 0 Å². The fourth-order valence-electron chi connectivity index (χ4n) is 1.03. The molecule has 1 aromatic rings.